The first-order chi connectivity index (χ1) is 7.97. The number of alkyl halides is 3. The Kier molecular flexibility index (Phi) is 6.22. The van der Waals surface area contributed by atoms with Gasteiger partial charge in [0.05, 0.1) is 6.61 Å². The quantitative estimate of drug-likeness (QED) is 0.727. The van der Waals surface area contributed by atoms with Crippen LogP contribution in [0.1, 0.15) is 12.8 Å². The molecule has 0 saturated carbocycles. The maximum atomic E-state index is 11.7. The molecule has 1 rings (SSSR count). The first kappa shape index (κ1) is 14.7. The molecule has 17 heavy (non-hydrogen) atoms. The summed E-state index contributed by atoms with van der Waals surface area (Å²) in [4.78, 5) is 2.29. The van der Waals surface area contributed by atoms with Gasteiger partial charge in [-0.2, -0.15) is 13.2 Å². The number of nitrogens with one attached hydrogen (secondary N) is 1. The monoisotopic (exact) mass is 254 g/mol. The van der Waals surface area contributed by atoms with Gasteiger partial charge in [0.1, 0.15) is 6.61 Å². The van der Waals surface area contributed by atoms with Crippen molar-refractivity contribution < 1.29 is 17.9 Å². The molecule has 6 heteroatoms. The zero-order chi connectivity index (χ0) is 12.7. The number of piperidine rings is 1. The number of nitrogens with zero attached hydrogens (tertiary/aromatic N) is 1. The van der Waals surface area contributed by atoms with Crippen LogP contribution in [0, 0.1) is 5.92 Å². The van der Waals surface area contributed by atoms with Gasteiger partial charge in [-0.1, -0.05) is 0 Å². The minimum Gasteiger partial charge on any atom is -0.371 e. The summed E-state index contributed by atoms with van der Waals surface area (Å²) in [5.74, 6) is 0.647. The Labute approximate surface area is 100 Å². The molecule has 1 heterocycles. The van der Waals surface area contributed by atoms with Crippen molar-refractivity contribution in [2.75, 3.05) is 46.4 Å². The lowest BCUT2D eigenvalue weighted by Crippen LogP contribution is -2.36. The van der Waals surface area contributed by atoms with Crippen LogP contribution in [0.4, 0.5) is 13.2 Å². The van der Waals surface area contributed by atoms with Gasteiger partial charge in [-0.3, -0.25) is 0 Å². The van der Waals surface area contributed by atoms with Crippen molar-refractivity contribution in [1.82, 2.24) is 10.2 Å². The lowest BCUT2D eigenvalue weighted by Gasteiger charge is -2.29. The van der Waals surface area contributed by atoms with Crippen molar-refractivity contribution in [3.8, 4) is 0 Å². The molecule has 0 bridgehead atoms. The Bertz CT molecular complexity index is 203. The topological polar surface area (TPSA) is 24.5 Å². The highest BCUT2D eigenvalue weighted by atomic mass is 19.4. The van der Waals surface area contributed by atoms with E-state index in [9.17, 15) is 13.2 Å². The third-order valence-electron chi connectivity index (χ3n) is 2.96. The predicted molar refractivity (Wildman–Crippen MR) is 60.0 cm³/mol. The van der Waals surface area contributed by atoms with E-state index in [0.29, 0.717) is 12.5 Å². The summed E-state index contributed by atoms with van der Waals surface area (Å²) < 4.78 is 39.7. The van der Waals surface area contributed by atoms with Crippen LogP contribution in [0.25, 0.3) is 0 Å². The van der Waals surface area contributed by atoms with Crippen LogP contribution in [0.2, 0.25) is 0 Å². The first-order valence-corrected chi connectivity index (χ1v) is 6.01. The highest BCUT2D eigenvalue weighted by Gasteiger charge is 2.27. The second kappa shape index (κ2) is 7.18. The van der Waals surface area contributed by atoms with Crippen LogP contribution in [-0.4, -0.2) is 57.5 Å². The van der Waals surface area contributed by atoms with E-state index in [4.69, 9.17) is 0 Å². The largest absolute Gasteiger partial charge is 0.411 e. The van der Waals surface area contributed by atoms with E-state index >= 15 is 0 Å². The second-order valence-corrected chi connectivity index (χ2v) is 4.62. The molecule has 0 spiro atoms. The molecule has 0 radical (unpaired) electrons. The average molecular weight is 254 g/mol. The van der Waals surface area contributed by atoms with Crippen molar-refractivity contribution in [3.05, 3.63) is 0 Å². The molecular formula is C11H21F3N2O. The van der Waals surface area contributed by atoms with Gasteiger partial charge in [-0.05, 0) is 45.4 Å². The molecule has 1 fully saturated rings. The van der Waals surface area contributed by atoms with Gasteiger partial charge in [0.25, 0.3) is 0 Å². The van der Waals surface area contributed by atoms with E-state index in [1.807, 2.05) is 0 Å². The van der Waals surface area contributed by atoms with Gasteiger partial charge >= 0.3 is 6.18 Å². The molecule has 0 unspecified atom stereocenters. The summed E-state index contributed by atoms with van der Waals surface area (Å²) in [6.07, 6.45) is -1.90. The molecule has 1 N–H and O–H groups in total. The van der Waals surface area contributed by atoms with E-state index in [-0.39, 0.29) is 6.61 Å². The fourth-order valence-corrected chi connectivity index (χ4v) is 1.90. The molecule has 3 nitrogen and oxygen atoms in total. The van der Waals surface area contributed by atoms with Crippen LogP contribution in [0.15, 0.2) is 0 Å². The normalized spacial score (nSPS) is 19.8. The van der Waals surface area contributed by atoms with E-state index < -0.39 is 12.8 Å². The molecule has 0 aromatic heterocycles. The summed E-state index contributed by atoms with van der Waals surface area (Å²) in [5, 5.41) is 3.15. The number of likely N-dealkylation sites (tertiary alicyclic amines) is 1. The Morgan fingerprint density at radius 3 is 2.53 bits per heavy atom. The van der Waals surface area contributed by atoms with Gasteiger partial charge in [0.15, 0.2) is 0 Å². The van der Waals surface area contributed by atoms with Gasteiger partial charge in [-0.25, -0.2) is 0 Å². The molecule has 0 amide bonds. The molecule has 1 aliphatic rings. The first-order valence-electron chi connectivity index (χ1n) is 6.01. The SMILES string of the molecule is CN1CCC(CNCCOCC(F)(F)F)CC1. The minimum absolute atomic E-state index is 0.117. The third-order valence-corrected chi connectivity index (χ3v) is 2.96. The summed E-state index contributed by atoms with van der Waals surface area (Å²) in [6.45, 7) is 2.55. The average Bonchev–Trinajstić information content (AvgIpc) is 2.24. The second-order valence-electron chi connectivity index (χ2n) is 4.62. The van der Waals surface area contributed by atoms with Gasteiger partial charge in [0.2, 0.25) is 0 Å². The van der Waals surface area contributed by atoms with Crippen molar-refractivity contribution in [3.63, 3.8) is 0 Å². The van der Waals surface area contributed by atoms with E-state index in [1.165, 1.54) is 0 Å². The van der Waals surface area contributed by atoms with Crippen molar-refractivity contribution in [2.45, 2.75) is 19.0 Å². The van der Waals surface area contributed by atoms with Gasteiger partial charge in [-0.15, -0.1) is 0 Å². The summed E-state index contributed by atoms with van der Waals surface area (Å²) in [6, 6.07) is 0. The number of hydrogen-bond donors (Lipinski definition) is 1. The lowest BCUT2D eigenvalue weighted by atomic mass is 9.97. The maximum Gasteiger partial charge on any atom is 0.411 e. The van der Waals surface area contributed by atoms with Crippen molar-refractivity contribution in [1.29, 1.82) is 0 Å². The number of hydrogen-bond acceptors (Lipinski definition) is 3. The minimum atomic E-state index is -4.21. The maximum absolute atomic E-state index is 11.7. The molecule has 102 valence electrons. The van der Waals surface area contributed by atoms with E-state index in [2.05, 4.69) is 22.0 Å². The Morgan fingerprint density at radius 2 is 1.94 bits per heavy atom. The van der Waals surface area contributed by atoms with Crippen LogP contribution in [0.3, 0.4) is 0 Å². The third kappa shape index (κ3) is 7.57. The number of ether oxygens (including phenoxy) is 1. The van der Waals surface area contributed by atoms with Gasteiger partial charge < -0.3 is 15.0 Å². The Balaban J connectivity index is 1.91. The van der Waals surface area contributed by atoms with E-state index in [0.717, 1.165) is 32.5 Å². The fourth-order valence-electron chi connectivity index (χ4n) is 1.90. The number of rotatable bonds is 6. The smallest absolute Gasteiger partial charge is 0.371 e. The number of halogens is 3. The molecule has 0 aromatic carbocycles. The van der Waals surface area contributed by atoms with Gasteiger partial charge in [0, 0.05) is 6.54 Å². The molecule has 0 aliphatic carbocycles. The highest BCUT2D eigenvalue weighted by molar-refractivity contribution is 4.71. The zero-order valence-electron chi connectivity index (χ0n) is 10.2. The molecule has 0 aromatic rings. The van der Waals surface area contributed by atoms with Crippen LogP contribution >= 0.6 is 0 Å². The Morgan fingerprint density at radius 1 is 1.29 bits per heavy atom. The van der Waals surface area contributed by atoms with Crippen molar-refractivity contribution in [2.24, 2.45) is 5.92 Å². The van der Waals surface area contributed by atoms with Crippen LogP contribution in [0.5, 0.6) is 0 Å². The van der Waals surface area contributed by atoms with E-state index in [1.54, 1.807) is 0 Å². The molecule has 0 atom stereocenters. The molecular weight excluding hydrogens is 233 g/mol. The summed E-state index contributed by atoms with van der Waals surface area (Å²) in [7, 11) is 2.11. The highest BCUT2D eigenvalue weighted by Crippen LogP contribution is 2.15. The van der Waals surface area contributed by atoms with Crippen molar-refractivity contribution >= 4 is 0 Å². The Hall–Kier alpha value is -0.330. The fraction of sp³-hybridized carbons (Fsp3) is 1.00. The predicted octanol–water partition coefficient (Wildman–Crippen LogP) is 1.50. The molecule has 1 aliphatic heterocycles. The zero-order valence-corrected chi connectivity index (χ0v) is 10.2. The lowest BCUT2D eigenvalue weighted by molar-refractivity contribution is -0.173. The summed E-state index contributed by atoms with van der Waals surface area (Å²) >= 11 is 0. The van der Waals surface area contributed by atoms with Crippen LogP contribution < -0.4 is 5.32 Å². The summed E-state index contributed by atoms with van der Waals surface area (Å²) in [5.41, 5.74) is 0. The molecule has 1 saturated heterocycles. The van der Waals surface area contributed by atoms with Crippen LogP contribution in [-0.2, 0) is 4.74 Å². The standard InChI is InChI=1S/C11H21F3N2O/c1-16-5-2-10(3-6-16)8-15-4-7-17-9-11(12,13)14/h10,15H,2-9H2,1H3.